The highest BCUT2D eigenvalue weighted by molar-refractivity contribution is 9.10. The van der Waals surface area contributed by atoms with Crippen LogP contribution in [0.5, 0.6) is 0 Å². The minimum atomic E-state index is 0.0877. The minimum absolute atomic E-state index is 0.0877. The quantitative estimate of drug-likeness (QED) is 0.646. The molecule has 1 saturated heterocycles. The summed E-state index contributed by atoms with van der Waals surface area (Å²) in [4.78, 5) is 16.5. The van der Waals surface area contributed by atoms with Crippen molar-refractivity contribution in [2.75, 3.05) is 42.9 Å². The molecule has 1 amide bonds. The fraction of sp³-hybridized carbons (Fsp3) is 0.333. The molecular weight excluding hydrogens is 436 g/mol. The molecule has 0 atom stereocenters. The summed E-state index contributed by atoms with van der Waals surface area (Å²) >= 11 is 5.26. The normalized spacial score (nSPS) is 17.2. The molecule has 144 valence electrons. The number of anilines is 2. The van der Waals surface area contributed by atoms with E-state index < -0.39 is 0 Å². The number of carbonyl (C=O) groups is 1. The van der Waals surface area contributed by atoms with Gasteiger partial charge in [-0.3, -0.25) is 9.69 Å². The van der Waals surface area contributed by atoms with Gasteiger partial charge in [-0.05, 0) is 47.3 Å². The molecule has 1 fully saturated rings. The third-order valence-electron chi connectivity index (χ3n) is 5.62. The molecule has 5 rings (SSSR count). The first-order valence-corrected chi connectivity index (χ1v) is 11.2. The maximum atomic E-state index is 11.6. The second kappa shape index (κ2) is 7.46. The summed E-state index contributed by atoms with van der Waals surface area (Å²) in [7, 11) is 0. The number of piperazine rings is 1. The Hall–Kier alpha value is -1.96. The molecule has 2 aliphatic heterocycles. The van der Waals surface area contributed by atoms with Crippen molar-refractivity contribution < 1.29 is 4.79 Å². The minimum Gasteiger partial charge on any atom is -0.353 e. The topological polar surface area (TPSA) is 48.5 Å². The predicted molar refractivity (Wildman–Crippen MR) is 118 cm³/mol. The zero-order valence-electron chi connectivity index (χ0n) is 15.4. The smallest absolute Gasteiger partial charge is 0.228 e. The molecule has 0 bridgehead atoms. The first-order chi connectivity index (χ1) is 13.7. The lowest BCUT2D eigenvalue weighted by Gasteiger charge is -2.35. The van der Waals surface area contributed by atoms with Gasteiger partial charge in [-0.25, -0.2) is 0 Å². The molecule has 28 heavy (non-hydrogen) atoms. The number of nitrogens with one attached hydrogen (secondary N) is 1. The molecule has 3 heterocycles. The summed E-state index contributed by atoms with van der Waals surface area (Å²) in [6, 6.07) is 12.7. The van der Waals surface area contributed by atoms with E-state index in [1.807, 2.05) is 6.07 Å². The number of carbonyl (C=O) groups excluding carboxylic acids is 1. The monoisotopic (exact) mass is 456 g/mol. The number of benzene rings is 2. The highest BCUT2D eigenvalue weighted by Crippen LogP contribution is 2.31. The summed E-state index contributed by atoms with van der Waals surface area (Å²) in [5.41, 5.74) is 3.34. The van der Waals surface area contributed by atoms with E-state index in [9.17, 15) is 4.79 Å². The summed E-state index contributed by atoms with van der Waals surface area (Å²) < 4.78 is 7.04. The standard InChI is InChI=1S/C21H21BrN4OS/c22-17-13-18-15(12-20(27)23-18)11-14(17)5-6-25-7-9-26(10-8-25)21-16-3-1-2-4-19(16)28-24-21/h1-4,11,13H,5-10,12H2,(H,23,27). The SMILES string of the molecule is O=C1Cc2cc(CCN3CCN(c4nsc5ccccc45)CC3)c(Br)cc2N1. The zero-order chi connectivity index (χ0) is 19.1. The van der Waals surface area contributed by atoms with Crippen molar-refractivity contribution in [3.05, 3.63) is 52.0 Å². The first kappa shape index (κ1) is 18.1. The molecule has 1 N–H and O–H groups in total. The summed E-state index contributed by atoms with van der Waals surface area (Å²) in [6.07, 6.45) is 1.48. The van der Waals surface area contributed by atoms with E-state index >= 15 is 0 Å². The molecule has 0 spiro atoms. The van der Waals surface area contributed by atoms with Gasteiger partial charge in [0.25, 0.3) is 0 Å². The molecule has 2 aliphatic rings. The van der Waals surface area contributed by atoms with Crippen molar-refractivity contribution in [2.24, 2.45) is 0 Å². The fourth-order valence-corrected chi connectivity index (χ4v) is 5.39. The van der Waals surface area contributed by atoms with Gasteiger partial charge in [0.15, 0.2) is 0 Å². The summed E-state index contributed by atoms with van der Waals surface area (Å²) in [6.45, 7) is 5.16. The number of rotatable bonds is 4. The Morgan fingerprint density at radius 3 is 2.82 bits per heavy atom. The molecule has 0 saturated carbocycles. The Bertz CT molecular complexity index is 1040. The van der Waals surface area contributed by atoms with Gasteiger partial charge in [-0.15, -0.1) is 0 Å². The number of amides is 1. The Balaban J connectivity index is 1.20. The molecule has 2 aromatic carbocycles. The van der Waals surface area contributed by atoms with Crippen molar-refractivity contribution in [3.8, 4) is 0 Å². The van der Waals surface area contributed by atoms with E-state index in [1.54, 1.807) is 11.5 Å². The van der Waals surface area contributed by atoms with Crippen LogP contribution in [0, 0.1) is 0 Å². The van der Waals surface area contributed by atoms with Crippen LogP contribution < -0.4 is 10.2 Å². The van der Waals surface area contributed by atoms with Crippen LogP contribution in [0.2, 0.25) is 0 Å². The van der Waals surface area contributed by atoms with Gasteiger partial charge in [-0.2, -0.15) is 4.37 Å². The van der Waals surface area contributed by atoms with Gasteiger partial charge >= 0.3 is 0 Å². The van der Waals surface area contributed by atoms with Crippen molar-refractivity contribution in [1.82, 2.24) is 9.27 Å². The van der Waals surface area contributed by atoms with Crippen LogP contribution in [0.25, 0.3) is 10.1 Å². The Morgan fingerprint density at radius 2 is 1.96 bits per heavy atom. The van der Waals surface area contributed by atoms with Crippen LogP contribution in [-0.4, -0.2) is 47.9 Å². The third-order valence-corrected chi connectivity index (χ3v) is 7.18. The third kappa shape index (κ3) is 3.43. The van der Waals surface area contributed by atoms with Gasteiger partial charge in [0.05, 0.1) is 11.1 Å². The number of nitrogens with zero attached hydrogens (tertiary/aromatic N) is 3. The Labute approximate surface area is 176 Å². The Kier molecular flexibility index (Phi) is 4.82. The largest absolute Gasteiger partial charge is 0.353 e. The molecule has 0 unspecified atom stereocenters. The van der Waals surface area contributed by atoms with Crippen molar-refractivity contribution in [3.63, 3.8) is 0 Å². The van der Waals surface area contributed by atoms with Gasteiger partial charge < -0.3 is 10.2 Å². The second-order valence-electron chi connectivity index (χ2n) is 7.41. The van der Waals surface area contributed by atoms with E-state index in [0.29, 0.717) is 6.42 Å². The number of halogens is 1. The van der Waals surface area contributed by atoms with E-state index in [2.05, 4.69) is 61.4 Å². The van der Waals surface area contributed by atoms with Crippen LogP contribution in [0.1, 0.15) is 11.1 Å². The van der Waals surface area contributed by atoms with Gasteiger partial charge in [0, 0.05) is 48.3 Å². The van der Waals surface area contributed by atoms with Crippen LogP contribution >= 0.6 is 27.5 Å². The van der Waals surface area contributed by atoms with Crippen LogP contribution in [-0.2, 0) is 17.6 Å². The van der Waals surface area contributed by atoms with E-state index in [-0.39, 0.29) is 5.91 Å². The lowest BCUT2D eigenvalue weighted by molar-refractivity contribution is -0.115. The molecule has 3 aromatic rings. The molecule has 1 aromatic heterocycles. The molecule has 0 aliphatic carbocycles. The zero-order valence-corrected chi connectivity index (χ0v) is 17.9. The second-order valence-corrected chi connectivity index (χ2v) is 9.07. The highest BCUT2D eigenvalue weighted by atomic mass is 79.9. The maximum absolute atomic E-state index is 11.6. The highest BCUT2D eigenvalue weighted by Gasteiger charge is 2.22. The molecule has 7 heteroatoms. The predicted octanol–water partition coefficient (Wildman–Crippen LogP) is 3.92. The van der Waals surface area contributed by atoms with Crippen molar-refractivity contribution in [2.45, 2.75) is 12.8 Å². The van der Waals surface area contributed by atoms with Gasteiger partial charge in [0.2, 0.25) is 5.91 Å². The van der Waals surface area contributed by atoms with E-state index in [1.165, 1.54) is 15.6 Å². The number of fused-ring (bicyclic) bond motifs is 2. The van der Waals surface area contributed by atoms with Gasteiger partial charge in [0.1, 0.15) is 5.82 Å². The average molecular weight is 457 g/mol. The van der Waals surface area contributed by atoms with E-state index in [0.717, 1.165) is 60.7 Å². The maximum Gasteiger partial charge on any atom is 0.228 e. The summed E-state index contributed by atoms with van der Waals surface area (Å²) in [5, 5.41) is 4.18. The lowest BCUT2D eigenvalue weighted by Crippen LogP contribution is -2.47. The average Bonchev–Trinajstić information content (AvgIpc) is 3.29. The van der Waals surface area contributed by atoms with Crippen molar-refractivity contribution >= 4 is 55.0 Å². The van der Waals surface area contributed by atoms with Crippen LogP contribution in [0.3, 0.4) is 0 Å². The fourth-order valence-electron chi connectivity index (χ4n) is 4.05. The van der Waals surface area contributed by atoms with Crippen molar-refractivity contribution in [1.29, 1.82) is 0 Å². The molecule has 0 radical (unpaired) electrons. The Morgan fingerprint density at radius 1 is 1.14 bits per heavy atom. The van der Waals surface area contributed by atoms with Gasteiger partial charge in [-0.1, -0.05) is 34.1 Å². The number of hydrogen-bond donors (Lipinski definition) is 1. The van der Waals surface area contributed by atoms with E-state index in [4.69, 9.17) is 4.37 Å². The molecular formula is C21H21BrN4OS. The lowest BCUT2D eigenvalue weighted by atomic mass is 10.1. The molecule has 5 nitrogen and oxygen atoms in total. The first-order valence-electron chi connectivity index (χ1n) is 9.60. The van der Waals surface area contributed by atoms with Crippen LogP contribution in [0.15, 0.2) is 40.9 Å². The number of hydrogen-bond acceptors (Lipinski definition) is 5. The number of aromatic nitrogens is 1. The van der Waals surface area contributed by atoms with Crippen LogP contribution in [0.4, 0.5) is 11.5 Å². The summed E-state index contributed by atoms with van der Waals surface area (Å²) in [5.74, 6) is 1.23.